The van der Waals surface area contributed by atoms with E-state index in [1.165, 1.54) is 6.07 Å². The molecule has 0 aliphatic carbocycles. The Morgan fingerprint density at radius 1 is 1.33 bits per heavy atom. The largest absolute Gasteiger partial charge is 0.317 e. The van der Waals surface area contributed by atoms with E-state index in [1.807, 2.05) is 6.92 Å². The Balaban J connectivity index is 2.62. The van der Waals surface area contributed by atoms with Crippen molar-refractivity contribution in [3.63, 3.8) is 0 Å². The highest BCUT2D eigenvalue weighted by molar-refractivity contribution is 5.96. The predicted molar refractivity (Wildman–Crippen MR) is 53.8 cm³/mol. The summed E-state index contributed by atoms with van der Waals surface area (Å²) in [4.78, 5) is 11.5. The number of hydrogen-bond donors (Lipinski definition) is 1. The molecular formula is C11H13F2NO. The molecule has 1 aromatic carbocycles. The smallest absolute Gasteiger partial charge is 0.164 e. The van der Waals surface area contributed by atoms with E-state index in [-0.39, 0.29) is 11.3 Å². The zero-order valence-corrected chi connectivity index (χ0v) is 8.52. The number of Topliss-reactive ketones (excluding diaryl/α,β-unsaturated/α-hetero) is 1. The van der Waals surface area contributed by atoms with E-state index in [0.29, 0.717) is 13.0 Å². The van der Waals surface area contributed by atoms with Gasteiger partial charge in [-0.3, -0.25) is 4.79 Å². The molecule has 2 nitrogen and oxygen atoms in total. The van der Waals surface area contributed by atoms with Gasteiger partial charge in [-0.25, -0.2) is 8.78 Å². The summed E-state index contributed by atoms with van der Waals surface area (Å²) in [5, 5.41) is 2.99. The first kappa shape index (κ1) is 11.8. The zero-order chi connectivity index (χ0) is 11.3. The summed E-state index contributed by atoms with van der Waals surface area (Å²) in [6.07, 6.45) is 0.291. The van der Waals surface area contributed by atoms with Crippen LogP contribution in [0.15, 0.2) is 18.2 Å². The van der Waals surface area contributed by atoms with E-state index in [4.69, 9.17) is 0 Å². The minimum Gasteiger partial charge on any atom is -0.317 e. The number of ketones is 1. The average molecular weight is 213 g/mol. The van der Waals surface area contributed by atoms with Crippen LogP contribution in [-0.2, 0) is 0 Å². The standard InChI is InChI=1S/C11H13F2NO/c1-2-14-6-5-11(15)8-3-4-9(12)10(13)7-8/h3-4,7,14H,2,5-6H2,1H3. The van der Waals surface area contributed by atoms with Gasteiger partial charge in [0.25, 0.3) is 0 Å². The van der Waals surface area contributed by atoms with Gasteiger partial charge in [-0.15, -0.1) is 0 Å². The van der Waals surface area contributed by atoms with E-state index in [9.17, 15) is 13.6 Å². The number of nitrogens with one attached hydrogen (secondary N) is 1. The van der Waals surface area contributed by atoms with Gasteiger partial charge < -0.3 is 5.32 Å². The minimum absolute atomic E-state index is 0.185. The van der Waals surface area contributed by atoms with E-state index < -0.39 is 11.6 Å². The molecule has 15 heavy (non-hydrogen) atoms. The van der Waals surface area contributed by atoms with Gasteiger partial charge in [0, 0.05) is 18.5 Å². The number of benzene rings is 1. The Kier molecular flexibility index (Phi) is 4.37. The van der Waals surface area contributed by atoms with Gasteiger partial charge in [-0.05, 0) is 24.7 Å². The Morgan fingerprint density at radius 3 is 2.67 bits per heavy atom. The second-order valence-corrected chi connectivity index (χ2v) is 3.16. The summed E-state index contributed by atoms with van der Waals surface area (Å²) in [6.45, 7) is 3.27. The van der Waals surface area contributed by atoms with Gasteiger partial charge >= 0.3 is 0 Å². The maximum absolute atomic E-state index is 12.8. The van der Waals surface area contributed by atoms with Gasteiger partial charge in [-0.2, -0.15) is 0 Å². The average Bonchev–Trinajstić information content (AvgIpc) is 2.22. The van der Waals surface area contributed by atoms with Gasteiger partial charge in [0.05, 0.1) is 0 Å². The highest BCUT2D eigenvalue weighted by Crippen LogP contribution is 2.10. The van der Waals surface area contributed by atoms with Crippen LogP contribution in [0.3, 0.4) is 0 Å². The van der Waals surface area contributed by atoms with Crippen LogP contribution in [0.1, 0.15) is 23.7 Å². The molecule has 0 aromatic heterocycles. The van der Waals surface area contributed by atoms with Crippen molar-refractivity contribution in [1.29, 1.82) is 0 Å². The first-order valence-electron chi connectivity index (χ1n) is 4.84. The first-order chi connectivity index (χ1) is 7.15. The zero-order valence-electron chi connectivity index (χ0n) is 8.52. The molecule has 1 N–H and O–H groups in total. The van der Waals surface area contributed by atoms with E-state index in [2.05, 4.69) is 5.32 Å². The normalized spacial score (nSPS) is 10.3. The van der Waals surface area contributed by atoms with Crippen molar-refractivity contribution in [2.75, 3.05) is 13.1 Å². The summed E-state index contributed by atoms with van der Waals surface area (Å²) in [6, 6.07) is 3.20. The van der Waals surface area contributed by atoms with Crippen LogP contribution in [0, 0.1) is 11.6 Å². The van der Waals surface area contributed by atoms with Crippen molar-refractivity contribution in [2.45, 2.75) is 13.3 Å². The summed E-state index contributed by atoms with van der Waals surface area (Å²) in [5.74, 6) is -2.10. The van der Waals surface area contributed by atoms with Crippen molar-refractivity contribution in [1.82, 2.24) is 5.32 Å². The summed E-state index contributed by atoms with van der Waals surface area (Å²) < 4.78 is 25.4. The van der Waals surface area contributed by atoms with Crippen LogP contribution in [0.4, 0.5) is 8.78 Å². The molecule has 0 aliphatic rings. The molecule has 0 spiro atoms. The maximum Gasteiger partial charge on any atom is 0.164 e. The van der Waals surface area contributed by atoms with Crippen LogP contribution >= 0.6 is 0 Å². The lowest BCUT2D eigenvalue weighted by atomic mass is 10.1. The SMILES string of the molecule is CCNCCC(=O)c1ccc(F)c(F)c1. The lowest BCUT2D eigenvalue weighted by Crippen LogP contribution is -2.17. The molecule has 0 aliphatic heterocycles. The molecule has 0 atom stereocenters. The van der Waals surface area contributed by atoms with E-state index in [1.54, 1.807) is 0 Å². The van der Waals surface area contributed by atoms with E-state index >= 15 is 0 Å². The summed E-state index contributed by atoms with van der Waals surface area (Å²) in [7, 11) is 0. The van der Waals surface area contributed by atoms with E-state index in [0.717, 1.165) is 18.7 Å². The number of rotatable bonds is 5. The molecule has 4 heteroatoms. The van der Waals surface area contributed by atoms with Crippen molar-refractivity contribution in [3.8, 4) is 0 Å². The van der Waals surface area contributed by atoms with Gasteiger partial charge in [0.1, 0.15) is 0 Å². The third kappa shape index (κ3) is 3.40. The molecule has 0 saturated heterocycles. The third-order valence-electron chi connectivity index (χ3n) is 2.02. The molecule has 1 rings (SSSR count). The number of carbonyl (C=O) groups excluding carboxylic acids is 1. The second kappa shape index (κ2) is 5.56. The maximum atomic E-state index is 12.8. The van der Waals surface area contributed by atoms with Gasteiger partial charge in [-0.1, -0.05) is 6.92 Å². The lowest BCUT2D eigenvalue weighted by molar-refractivity contribution is 0.0982. The Labute approximate surface area is 87.3 Å². The van der Waals surface area contributed by atoms with Crippen LogP contribution in [-0.4, -0.2) is 18.9 Å². The van der Waals surface area contributed by atoms with Crippen LogP contribution in [0.2, 0.25) is 0 Å². The number of halogens is 2. The highest BCUT2D eigenvalue weighted by Gasteiger charge is 2.08. The summed E-state index contributed by atoms with van der Waals surface area (Å²) in [5.41, 5.74) is 0.215. The van der Waals surface area contributed by atoms with Gasteiger partial charge in [0.2, 0.25) is 0 Å². The fourth-order valence-corrected chi connectivity index (χ4v) is 1.19. The minimum atomic E-state index is -0.982. The topological polar surface area (TPSA) is 29.1 Å². The monoisotopic (exact) mass is 213 g/mol. The Bertz CT molecular complexity index is 352. The quantitative estimate of drug-likeness (QED) is 0.599. The van der Waals surface area contributed by atoms with Crippen molar-refractivity contribution < 1.29 is 13.6 Å². The molecule has 0 saturated carbocycles. The first-order valence-corrected chi connectivity index (χ1v) is 4.84. The molecular weight excluding hydrogens is 200 g/mol. The fourth-order valence-electron chi connectivity index (χ4n) is 1.19. The van der Waals surface area contributed by atoms with Crippen LogP contribution in [0.5, 0.6) is 0 Å². The molecule has 0 radical (unpaired) electrons. The lowest BCUT2D eigenvalue weighted by Gasteiger charge is -2.02. The predicted octanol–water partition coefficient (Wildman–Crippen LogP) is 2.15. The van der Waals surface area contributed by atoms with Crippen molar-refractivity contribution >= 4 is 5.78 Å². The molecule has 0 heterocycles. The number of hydrogen-bond acceptors (Lipinski definition) is 2. The number of carbonyl (C=O) groups is 1. The molecule has 0 amide bonds. The summed E-state index contributed by atoms with van der Waals surface area (Å²) >= 11 is 0. The second-order valence-electron chi connectivity index (χ2n) is 3.16. The Hall–Kier alpha value is -1.29. The van der Waals surface area contributed by atoms with Crippen molar-refractivity contribution in [3.05, 3.63) is 35.4 Å². The molecule has 1 aromatic rings. The van der Waals surface area contributed by atoms with Gasteiger partial charge in [0.15, 0.2) is 17.4 Å². The Morgan fingerprint density at radius 2 is 2.07 bits per heavy atom. The molecule has 82 valence electrons. The molecule has 0 fully saturated rings. The molecule has 0 unspecified atom stereocenters. The van der Waals surface area contributed by atoms with Crippen LogP contribution < -0.4 is 5.32 Å². The fraction of sp³-hybridized carbons (Fsp3) is 0.364. The van der Waals surface area contributed by atoms with Crippen molar-refractivity contribution in [2.24, 2.45) is 0 Å². The van der Waals surface area contributed by atoms with Crippen LogP contribution in [0.25, 0.3) is 0 Å². The highest BCUT2D eigenvalue weighted by atomic mass is 19.2. The third-order valence-corrected chi connectivity index (χ3v) is 2.02. The molecule has 0 bridgehead atoms.